The van der Waals surface area contributed by atoms with Crippen LogP contribution in [0.25, 0.3) is 11.6 Å². The molecule has 3 aromatic carbocycles. The summed E-state index contributed by atoms with van der Waals surface area (Å²) in [5.74, 6) is 0.666. The number of aryl methyl sites for hydroxylation is 1. The van der Waals surface area contributed by atoms with Crippen LogP contribution in [0.2, 0.25) is 0 Å². The van der Waals surface area contributed by atoms with E-state index in [1.807, 2.05) is 31.2 Å². The number of rotatable bonds is 5. The highest BCUT2D eigenvalue weighted by Gasteiger charge is 2.35. The Morgan fingerprint density at radius 3 is 2.00 bits per heavy atom. The van der Waals surface area contributed by atoms with Gasteiger partial charge < -0.3 is 14.2 Å². The Bertz CT molecular complexity index is 1220. The lowest BCUT2D eigenvalue weighted by Gasteiger charge is -2.29. The summed E-state index contributed by atoms with van der Waals surface area (Å²) in [5, 5.41) is 0. The lowest BCUT2D eigenvalue weighted by Crippen LogP contribution is -2.41. The first kappa shape index (κ1) is 21.2. The van der Waals surface area contributed by atoms with Gasteiger partial charge in [-0.25, -0.2) is 4.90 Å². The first-order valence-electron chi connectivity index (χ1n) is 10.0. The van der Waals surface area contributed by atoms with E-state index in [1.165, 1.54) is 26.2 Å². The van der Waals surface area contributed by atoms with Gasteiger partial charge >= 0.3 is 0 Å². The molecule has 1 heterocycles. The first-order valence-corrected chi connectivity index (χ1v) is 10.0. The van der Waals surface area contributed by atoms with Crippen molar-refractivity contribution in [2.24, 2.45) is 0 Å². The number of nitrogens with zero attached hydrogens (tertiary/aromatic N) is 1. The smallest absolute Gasteiger partial charge is 0.265 e. The van der Waals surface area contributed by atoms with Crippen LogP contribution >= 0.6 is 0 Å². The third-order valence-corrected chi connectivity index (χ3v) is 5.34. The van der Waals surface area contributed by atoms with Crippen LogP contribution in [0.1, 0.15) is 27.0 Å². The third-order valence-electron chi connectivity index (χ3n) is 5.34. The van der Waals surface area contributed by atoms with Crippen molar-refractivity contribution in [3.05, 3.63) is 82.9 Å². The maximum Gasteiger partial charge on any atom is 0.265 e. The molecule has 1 aliphatic rings. The lowest BCUT2D eigenvalue weighted by atomic mass is 9.91. The fourth-order valence-corrected chi connectivity index (χ4v) is 3.85. The van der Waals surface area contributed by atoms with E-state index in [0.717, 1.165) is 5.56 Å². The molecule has 6 heteroatoms. The number of benzene rings is 3. The Balaban J connectivity index is 1.91. The number of anilines is 1. The summed E-state index contributed by atoms with van der Waals surface area (Å²) in [6.07, 6.45) is 1.74. The molecule has 6 nitrogen and oxygen atoms in total. The Hall–Kier alpha value is -4.06. The molecule has 4 rings (SSSR count). The van der Waals surface area contributed by atoms with Crippen molar-refractivity contribution >= 4 is 29.2 Å². The Morgan fingerprint density at radius 1 is 0.750 bits per heavy atom. The van der Waals surface area contributed by atoms with E-state index < -0.39 is 5.91 Å². The number of carbonyl (C=O) groups excluding carboxylic acids is 2. The van der Waals surface area contributed by atoms with Crippen molar-refractivity contribution in [2.45, 2.75) is 6.92 Å². The summed E-state index contributed by atoms with van der Waals surface area (Å²) in [6.45, 7) is 1.92. The van der Waals surface area contributed by atoms with Gasteiger partial charge in [0.1, 0.15) is 0 Å². The van der Waals surface area contributed by atoms with Gasteiger partial charge in [-0.2, -0.15) is 0 Å². The zero-order valence-corrected chi connectivity index (χ0v) is 18.3. The summed E-state index contributed by atoms with van der Waals surface area (Å²) in [5.41, 5.74) is 3.61. The van der Waals surface area contributed by atoms with E-state index in [0.29, 0.717) is 45.2 Å². The molecule has 0 saturated heterocycles. The predicted molar refractivity (Wildman–Crippen MR) is 123 cm³/mol. The van der Waals surface area contributed by atoms with Gasteiger partial charge in [-0.15, -0.1) is 0 Å². The number of fused-ring (bicyclic) bond motifs is 1. The molecule has 0 atom stereocenters. The molecule has 1 aliphatic heterocycles. The molecule has 162 valence electrons. The summed E-state index contributed by atoms with van der Waals surface area (Å²) in [6, 6.07) is 18.0. The monoisotopic (exact) mass is 429 g/mol. The Labute approximate surface area is 186 Å². The van der Waals surface area contributed by atoms with Crippen LogP contribution in [0.15, 0.2) is 60.7 Å². The molecule has 0 unspecified atom stereocenters. The Kier molecular flexibility index (Phi) is 5.69. The average molecular weight is 429 g/mol. The highest BCUT2D eigenvalue weighted by molar-refractivity contribution is 6.43. The standard InChI is InChI=1S/C26H23NO5/c1-16-8-7-9-18(12-16)27-25(28)20-11-6-5-10-19(20)21(26(27)29)13-17-14-22(30-2)24(32-4)23(15-17)31-3/h5-15H,1-4H3/b21-13-. The van der Waals surface area contributed by atoms with Crippen molar-refractivity contribution in [1.82, 2.24) is 0 Å². The second-order valence-electron chi connectivity index (χ2n) is 7.35. The summed E-state index contributed by atoms with van der Waals surface area (Å²) < 4.78 is 16.3. The van der Waals surface area contributed by atoms with Crippen molar-refractivity contribution in [1.29, 1.82) is 0 Å². The maximum absolute atomic E-state index is 13.6. The number of imide groups is 1. The van der Waals surface area contributed by atoms with E-state index >= 15 is 0 Å². The molecule has 0 N–H and O–H groups in total. The molecule has 0 spiro atoms. The largest absolute Gasteiger partial charge is 0.493 e. The van der Waals surface area contributed by atoms with Gasteiger partial charge in [0, 0.05) is 11.1 Å². The summed E-state index contributed by atoms with van der Waals surface area (Å²) >= 11 is 0. The number of ether oxygens (including phenoxy) is 3. The van der Waals surface area contributed by atoms with E-state index in [-0.39, 0.29) is 5.91 Å². The van der Waals surface area contributed by atoms with E-state index in [1.54, 1.807) is 42.5 Å². The number of methoxy groups -OCH3 is 3. The highest BCUT2D eigenvalue weighted by atomic mass is 16.5. The van der Waals surface area contributed by atoms with Crippen LogP contribution in [0, 0.1) is 6.92 Å². The predicted octanol–water partition coefficient (Wildman–Crippen LogP) is 4.75. The fraction of sp³-hybridized carbons (Fsp3) is 0.154. The molecule has 0 fully saturated rings. The average Bonchev–Trinajstić information content (AvgIpc) is 2.81. The number of carbonyl (C=O) groups is 2. The second-order valence-corrected chi connectivity index (χ2v) is 7.35. The van der Waals surface area contributed by atoms with Gasteiger partial charge in [0.2, 0.25) is 5.75 Å². The van der Waals surface area contributed by atoms with Gasteiger partial charge in [-0.1, -0.05) is 30.3 Å². The maximum atomic E-state index is 13.6. The van der Waals surface area contributed by atoms with Crippen molar-refractivity contribution in [3.8, 4) is 17.2 Å². The molecule has 0 saturated carbocycles. The summed E-state index contributed by atoms with van der Waals surface area (Å²) in [7, 11) is 4.60. The van der Waals surface area contributed by atoms with Crippen molar-refractivity contribution < 1.29 is 23.8 Å². The van der Waals surface area contributed by atoms with Gasteiger partial charge in [-0.3, -0.25) is 9.59 Å². The molecule has 32 heavy (non-hydrogen) atoms. The molecule has 0 bridgehead atoms. The molecule has 2 amide bonds. The van der Waals surface area contributed by atoms with Crippen molar-refractivity contribution in [3.63, 3.8) is 0 Å². The van der Waals surface area contributed by atoms with E-state index in [9.17, 15) is 9.59 Å². The van der Waals surface area contributed by atoms with Gasteiger partial charge in [0.05, 0.1) is 27.0 Å². The molecule has 0 aromatic heterocycles. The van der Waals surface area contributed by atoms with Crippen molar-refractivity contribution in [2.75, 3.05) is 26.2 Å². The number of hydrogen-bond donors (Lipinski definition) is 0. The van der Waals surface area contributed by atoms with Crippen LogP contribution in [-0.4, -0.2) is 33.1 Å². The van der Waals surface area contributed by atoms with E-state index in [4.69, 9.17) is 14.2 Å². The minimum absolute atomic E-state index is 0.349. The fourth-order valence-electron chi connectivity index (χ4n) is 3.85. The quantitative estimate of drug-likeness (QED) is 0.433. The van der Waals surface area contributed by atoms with Crippen LogP contribution in [-0.2, 0) is 4.79 Å². The zero-order chi connectivity index (χ0) is 22.8. The minimum atomic E-state index is -0.395. The number of amides is 2. The molecule has 0 aliphatic carbocycles. The number of hydrogen-bond acceptors (Lipinski definition) is 5. The third kappa shape index (κ3) is 3.60. The first-order chi connectivity index (χ1) is 15.5. The summed E-state index contributed by atoms with van der Waals surface area (Å²) in [4.78, 5) is 28.1. The SMILES string of the molecule is COc1cc(/C=C2\C(=O)N(c3cccc(C)c3)C(=O)c3ccccc32)cc(OC)c1OC. The molecule has 3 aromatic rings. The molecular weight excluding hydrogens is 406 g/mol. The Morgan fingerprint density at radius 2 is 1.41 bits per heavy atom. The van der Waals surface area contributed by atoms with Gasteiger partial charge in [0.15, 0.2) is 11.5 Å². The van der Waals surface area contributed by atoms with Gasteiger partial charge in [-0.05, 0) is 60.0 Å². The molecule has 0 radical (unpaired) electrons. The molecular formula is C26H23NO5. The van der Waals surface area contributed by atoms with Crippen LogP contribution in [0.4, 0.5) is 5.69 Å². The minimum Gasteiger partial charge on any atom is -0.493 e. The second kappa shape index (κ2) is 8.59. The zero-order valence-electron chi connectivity index (χ0n) is 18.3. The normalized spacial score (nSPS) is 14.4. The van der Waals surface area contributed by atoms with Crippen LogP contribution < -0.4 is 19.1 Å². The van der Waals surface area contributed by atoms with Gasteiger partial charge in [0.25, 0.3) is 11.8 Å². The highest BCUT2D eigenvalue weighted by Crippen LogP contribution is 2.40. The van der Waals surface area contributed by atoms with Crippen LogP contribution in [0.5, 0.6) is 17.2 Å². The van der Waals surface area contributed by atoms with E-state index in [2.05, 4.69) is 0 Å². The topological polar surface area (TPSA) is 65.1 Å². The van der Waals surface area contributed by atoms with Crippen LogP contribution in [0.3, 0.4) is 0 Å². The lowest BCUT2D eigenvalue weighted by molar-refractivity contribution is -0.112.